The van der Waals surface area contributed by atoms with E-state index in [-0.39, 0.29) is 11.8 Å². The summed E-state index contributed by atoms with van der Waals surface area (Å²) in [5.74, 6) is 0.494. The van der Waals surface area contributed by atoms with Crippen molar-refractivity contribution in [1.29, 1.82) is 0 Å². The maximum atomic E-state index is 11.8. The molecule has 86 valence electrons. The quantitative estimate of drug-likeness (QED) is 0.631. The van der Waals surface area contributed by atoms with Gasteiger partial charge in [-0.2, -0.15) is 0 Å². The van der Waals surface area contributed by atoms with E-state index in [1.807, 2.05) is 0 Å². The number of amides is 1. The van der Waals surface area contributed by atoms with Crippen LogP contribution in [0.3, 0.4) is 0 Å². The summed E-state index contributed by atoms with van der Waals surface area (Å²) in [5, 5.41) is 0. The molecular weight excluding hydrogens is 188 g/mol. The molecular formula is C12H23N2O+. The third-order valence-corrected chi connectivity index (χ3v) is 3.51. The molecule has 1 fully saturated rings. The summed E-state index contributed by atoms with van der Waals surface area (Å²) in [6, 6.07) is 0. The van der Waals surface area contributed by atoms with Crippen molar-refractivity contribution in [1.82, 2.24) is 4.90 Å². The van der Waals surface area contributed by atoms with Gasteiger partial charge in [-0.1, -0.05) is 6.58 Å². The van der Waals surface area contributed by atoms with Crippen molar-refractivity contribution >= 4 is 5.91 Å². The van der Waals surface area contributed by atoms with Gasteiger partial charge in [0.15, 0.2) is 0 Å². The second-order valence-corrected chi connectivity index (χ2v) is 4.96. The normalized spacial score (nSPS) is 22.2. The topological polar surface area (TPSA) is 20.3 Å². The van der Waals surface area contributed by atoms with Crippen LogP contribution in [0.15, 0.2) is 12.8 Å². The summed E-state index contributed by atoms with van der Waals surface area (Å²) in [7, 11) is 4.43. The van der Waals surface area contributed by atoms with Crippen molar-refractivity contribution in [3.8, 4) is 0 Å². The monoisotopic (exact) mass is 211 g/mol. The molecule has 1 amide bonds. The van der Waals surface area contributed by atoms with Gasteiger partial charge in [0.05, 0.1) is 27.2 Å². The number of nitrogens with zero attached hydrogens (tertiary/aromatic N) is 2. The summed E-state index contributed by atoms with van der Waals surface area (Å²) in [4.78, 5) is 13.5. The van der Waals surface area contributed by atoms with Gasteiger partial charge in [0.1, 0.15) is 0 Å². The Hall–Kier alpha value is -0.830. The van der Waals surface area contributed by atoms with Crippen molar-refractivity contribution in [2.24, 2.45) is 5.92 Å². The van der Waals surface area contributed by atoms with Crippen LogP contribution in [-0.2, 0) is 4.79 Å². The van der Waals surface area contributed by atoms with Gasteiger partial charge >= 0.3 is 0 Å². The van der Waals surface area contributed by atoms with Crippen LogP contribution < -0.4 is 0 Å². The van der Waals surface area contributed by atoms with Gasteiger partial charge in [-0.15, -0.1) is 0 Å². The van der Waals surface area contributed by atoms with Crippen molar-refractivity contribution in [2.75, 3.05) is 33.7 Å². The second-order valence-electron chi connectivity index (χ2n) is 4.96. The smallest absolute Gasteiger partial charge is 0.229 e. The van der Waals surface area contributed by atoms with Gasteiger partial charge in [-0.05, 0) is 19.5 Å². The highest BCUT2D eigenvalue weighted by Gasteiger charge is 2.31. The molecule has 0 aliphatic carbocycles. The molecule has 1 saturated heterocycles. The lowest BCUT2D eigenvalue weighted by Gasteiger charge is -2.29. The van der Waals surface area contributed by atoms with Crippen LogP contribution in [0, 0.1) is 5.92 Å². The number of hydrogen-bond donors (Lipinski definition) is 0. The van der Waals surface area contributed by atoms with E-state index in [1.165, 1.54) is 0 Å². The molecule has 1 heterocycles. The SMILES string of the molecule is C=CN1CCC(CC[N+](C)(C)CC)C1=O. The fourth-order valence-electron chi connectivity index (χ4n) is 1.88. The van der Waals surface area contributed by atoms with E-state index in [2.05, 4.69) is 27.6 Å². The summed E-state index contributed by atoms with van der Waals surface area (Å²) < 4.78 is 0.998. The molecule has 0 aromatic carbocycles. The largest absolute Gasteiger partial charge is 0.329 e. The summed E-state index contributed by atoms with van der Waals surface area (Å²) in [6.07, 6.45) is 3.65. The first-order chi connectivity index (χ1) is 7.00. The van der Waals surface area contributed by atoms with Crippen molar-refractivity contribution in [3.05, 3.63) is 12.8 Å². The van der Waals surface area contributed by atoms with Gasteiger partial charge in [0.2, 0.25) is 5.91 Å². The maximum absolute atomic E-state index is 11.8. The van der Waals surface area contributed by atoms with Gasteiger partial charge in [-0.3, -0.25) is 4.79 Å². The van der Waals surface area contributed by atoms with Gasteiger partial charge in [-0.25, -0.2) is 0 Å². The predicted octanol–water partition coefficient (Wildman–Crippen LogP) is 1.46. The Morgan fingerprint density at radius 2 is 2.27 bits per heavy atom. The maximum Gasteiger partial charge on any atom is 0.229 e. The minimum Gasteiger partial charge on any atom is -0.329 e. The van der Waals surface area contributed by atoms with E-state index in [9.17, 15) is 4.79 Å². The first-order valence-electron chi connectivity index (χ1n) is 5.75. The molecule has 0 saturated carbocycles. The molecule has 3 heteroatoms. The number of quaternary nitrogens is 1. The first-order valence-corrected chi connectivity index (χ1v) is 5.75. The molecule has 1 unspecified atom stereocenters. The fourth-order valence-corrected chi connectivity index (χ4v) is 1.88. The Bertz CT molecular complexity index is 248. The molecule has 15 heavy (non-hydrogen) atoms. The molecule has 1 rings (SSSR count). The predicted molar refractivity (Wildman–Crippen MR) is 62.2 cm³/mol. The summed E-state index contributed by atoms with van der Waals surface area (Å²) in [6.45, 7) is 8.89. The minimum absolute atomic E-state index is 0.229. The number of carbonyl (C=O) groups is 1. The summed E-state index contributed by atoms with van der Waals surface area (Å²) >= 11 is 0. The first kappa shape index (κ1) is 12.2. The van der Waals surface area contributed by atoms with E-state index in [1.54, 1.807) is 11.1 Å². The highest BCUT2D eigenvalue weighted by molar-refractivity contribution is 5.81. The third-order valence-electron chi connectivity index (χ3n) is 3.51. The lowest BCUT2D eigenvalue weighted by Crippen LogP contribution is -2.41. The Balaban J connectivity index is 2.41. The number of rotatable bonds is 5. The molecule has 1 atom stereocenters. The highest BCUT2D eigenvalue weighted by Crippen LogP contribution is 2.22. The molecule has 0 N–H and O–H groups in total. The average Bonchev–Trinajstić information content (AvgIpc) is 2.57. The molecule has 0 spiro atoms. The molecule has 0 aromatic rings. The Kier molecular flexibility index (Phi) is 3.91. The van der Waals surface area contributed by atoms with Crippen LogP contribution in [0.25, 0.3) is 0 Å². The molecule has 1 aliphatic heterocycles. The van der Waals surface area contributed by atoms with E-state index >= 15 is 0 Å². The van der Waals surface area contributed by atoms with Crippen LogP contribution in [-0.4, -0.2) is 49.0 Å². The number of hydrogen-bond acceptors (Lipinski definition) is 1. The second kappa shape index (κ2) is 4.79. The van der Waals surface area contributed by atoms with E-state index in [4.69, 9.17) is 0 Å². The third kappa shape index (κ3) is 3.06. The van der Waals surface area contributed by atoms with Crippen LogP contribution in [0.1, 0.15) is 19.8 Å². The lowest BCUT2D eigenvalue weighted by atomic mass is 10.0. The fraction of sp³-hybridized carbons (Fsp3) is 0.750. The summed E-state index contributed by atoms with van der Waals surface area (Å²) in [5.41, 5.74) is 0. The Labute approximate surface area is 92.9 Å². The van der Waals surface area contributed by atoms with Gasteiger partial charge < -0.3 is 9.38 Å². The molecule has 0 aromatic heterocycles. The van der Waals surface area contributed by atoms with Crippen LogP contribution in [0.4, 0.5) is 0 Å². The Morgan fingerprint density at radius 1 is 1.60 bits per heavy atom. The number of carbonyl (C=O) groups excluding carboxylic acids is 1. The van der Waals surface area contributed by atoms with E-state index in [0.717, 1.165) is 37.0 Å². The molecule has 0 radical (unpaired) electrons. The zero-order chi connectivity index (χ0) is 11.5. The van der Waals surface area contributed by atoms with Gasteiger partial charge in [0.25, 0.3) is 0 Å². The van der Waals surface area contributed by atoms with Crippen molar-refractivity contribution in [2.45, 2.75) is 19.8 Å². The van der Waals surface area contributed by atoms with E-state index < -0.39 is 0 Å². The molecule has 3 nitrogen and oxygen atoms in total. The lowest BCUT2D eigenvalue weighted by molar-refractivity contribution is -0.888. The zero-order valence-electron chi connectivity index (χ0n) is 10.2. The minimum atomic E-state index is 0.229. The van der Waals surface area contributed by atoms with Crippen LogP contribution in [0.2, 0.25) is 0 Å². The van der Waals surface area contributed by atoms with Gasteiger partial charge in [0, 0.05) is 18.9 Å². The van der Waals surface area contributed by atoms with E-state index in [0.29, 0.717) is 0 Å². The zero-order valence-corrected chi connectivity index (χ0v) is 10.2. The van der Waals surface area contributed by atoms with Crippen LogP contribution >= 0.6 is 0 Å². The standard InChI is InChI=1S/C12H23N2O/c1-5-13-9-7-11(12(13)15)8-10-14(3,4)6-2/h5,11H,1,6-10H2,2-4H3/q+1. The number of likely N-dealkylation sites (tertiary alicyclic amines) is 1. The molecule has 1 aliphatic rings. The van der Waals surface area contributed by atoms with Crippen LogP contribution in [0.5, 0.6) is 0 Å². The average molecular weight is 211 g/mol. The van der Waals surface area contributed by atoms with Crippen molar-refractivity contribution < 1.29 is 9.28 Å². The Morgan fingerprint density at radius 3 is 2.73 bits per heavy atom. The highest BCUT2D eigenvalue weighted by atomic mass is 16.2. The van der Waals surface area contributed by atoms with Crippen molar-refractivity contribution in [3.63, 3.8) is 0 Å². The molecule has 0 bridgehead atoms.